The summed E-state index contributed by atoms with van der Waals surface area (Å²) in [5, 5.41) is 6.41. The predicted molar refractivity (Wildman–Crippen MR) is 112 cm³/mol. The Hall–Kier alpha value is -2.49. The van der Waals surface area contributed by atoms with Crippen LogP contribution in [0.1, 0.15) is 37.0 Å². The molecule has 26 heavy (non-hydrogen) atoms. The molecule has 0 bridgehead atoms. The van der Waals surface area contributed by atoms with E-state index in [-0.39, 0.29) is 5.91 Å². The minimum Gasteiger partial charge on any atom is -0.384 e. The number of carbonyl (C=O) groups is 1. The maximum absolute atomic E-state index is 12.3. The third kappa shape index (κ3) is 5.01. The van der Waals surface area contributed by atoms with Crippen molar-refractivity contribution < 1.29 is 4.79 Å². The lowest BCUT2D eigenvalue weighted by Gasteiger charge is -2.22. The molecule has 0 aliphatic heterocycles. The average molecular weight is 354 g/mol. The Bertz CT molecular complexity index is 731. The summed E-state index contributed by atoms with van der Waals surface area (Å²) in [7, 11) is 0. The Morgan fingerprint density at radius 3 is 2.19 bits per heavy atom. The van der Waals surface area contributed by atoms with E-state index in [2.05, 4.69) is 54.5 Å². The molecule has 0 fully saturated rings. The number of anilines is 3. The number of hydrogen-bond acceptors (Lipinski definition) is 3. The highest BCUT2D eigenvalue weighted by molar-refractivity contribution is 5.92. The third-order valence-electron chi connectivity index (χ3n) is 4.75. The summed E-state index contributed by atoms with van der Waals surface area (Å²) in [6.07, 6.45) is 0.436. The topological polar surface area (TPSA) is 44.4 Å². The van der Waals surface area contributed by atoms with Gasteiger partial charge in [0.15, 0.2) is 0 Å². The number of benzene rings is 2. The molecule has 4 heteroatoms. The van der Waals surface area contributed by atoms with E-state index >= 15 is 0 Å². The molecule has 0 saturated carbocycles. The molecule has 0 aliphatic carbocycles. The fraction of sp³-hybridized carbons (Fsp3) is 0.409. The summed E-state index contributed by atoms with van der Waals surface area (Å²) in [5.41, 5.74) is 6.64. The van der Waals surface area contributed by atoms with Gasteiger partial charge in [-0.3, -0.25) is 4.79 Å². The van der Waals surface area contributed by atoms with Crippen LogP contribution in [0.15, 0.2) is 36.4 Å². The van der Waals surface area contributed by atoms with Crippen molar-refractivity contribution in [2.75, 3.05) is 35.2 Å². The fourth-order valence-electron chi connectivity index (χ4n) is 3.16. The maximum Gasteiger partial charge on any atom is 0.226 e. The van der Waals surface area contributed by atoms with Crippen LogP contribution in [0.3, 0.4) is 0 Å². The standard InChI is InChI=1S/C22H31N3O/c1-6-25(7-2)19-11-12-20(18(5)15-19)23-14-13-21(26)24-22-16(3)9-8-10-17(22)4/h8-12,15,23H,6-7,13-14H2,1-5H3,(H,24,26). The number of rotatable bonds is 8. The van der Waals surface area contributed by atoms with E-state index in [1.54, 1.807) is 0 Å². The number of hydrogen-bond donors (Lipinski definition) is 2. The molecule has 1 amide bonds. The van der Waals surface area contributed by atoms with Crippen LogP contribution < -0.4 is 15.5 Å². The molecule has 0 saturated heterocycles. The summed E-state index contributed by atoms with van der Waals surface area (Å²) in [4.78, 5) is 14.6. The van der Waals surface area contributed by atoms with Crippen molar-refractivity contribution >= 4 is 23.0 Å². The lowest BCUT2D eigenvalue weighted by molar-refractivity contribution is -0.115. The normalized spacial score (nSPS) is 10.5. The molecule has 0 radical (unpaired) electrons. The predicted octanol–water partition coefficient (Wildman–Crippen LogP) is 4.90. The van der Waals surface area contributed by atoms with E-state index in [4.69, 9.17) is 0 Å². The van der Waals surface area contributed by atoms with Gasteiger partial charge in [-0.1, -0.05) is 18.2 Å². The largest absolute Gasteiger partial charge is 0.384 e. The second-order valence-corrected chi connectivity index (χ2v) is 6.66. The zero-order valence-corrected chi connectivity index (χ0v) is 16.6. The first-order chi connectivity index (χ1) is 12.5. The Morgan fingerprint density at radius 2 is 1.62 bits per heavy atom. The quantitative estimate of drug-likeness (QED) is 0.709. The maximum atomic E-state index is 12.3. The average Bonchev–Trinajstić information content (AvgIpc) is 2.61. The zero-order chi connectivity index (χ0) is 19.1. The van der Waals surface area contributed by atoms with E-state index in [1.165, 1.54) is 11.3 Å². The van der Waals surface area contributed by atoms with Crippen LogP contribution in [0.2, 0.25) is 0 Å². The van der Waals surface area contributed by atoms with E-state index < -0.39 is 0 Å². The van der Waals surface area contributed by atoms with Crippen molar-refractivity contribution in [1.29, 1.82) is 0 Å². The van der Waals surface area contributed by atoms with Crippen molar-refractivity contribution in [2.45, 2.75) is 41.0 Å². The van der Waals surface area contributed by atoms with Crippen molar-refractivity contribution in [3.05, 3.63) is 53.1 Å². The van der Waals surface area contributed by atoms with Crippen molar-refractivity contribution in [3.63, 3.8) is 0 Å². The first kappa shape index (κ1) is 19.8. The SMILES string of the molecule is CCN(CC)c1ccc(NCCC(=O)Nc2c(C)cccc2C)c(C)c1. The van der Waals surface area contributed by atoms with Crippen LogP contribution in [0.4, 0.5) is 17.1 Å². The number of aryl methyl sites for hydroxylation is 3. The fourth-order valence-corrected chi connectivity index (χ4v) is 3.16. The molecule has 2 aromatic carbocycles. The van der Waals surface area contributed by atoms with Crippen LogP contribution >= 0.6 is 0 Å². The van der Waals surface area contributed by atoms with Crippen LogP contribution in [0.25, 0.3) is 0 Å². The van der Waals surface area contributed by atoms with Gasteiger partial charge < -0.3 is 15.5 Å². The van der Waals surface area contributed by atoms with Gasteiger partial charge in [-0.15, -0.1) is 0 Å². The molecular formula is C22H31N3O. The summed E-state index contributed by atoms with van der Waals surface area (Å²) in [5.74, 6) is 0.0346. The van der Waals surface area contributed by atoms with Gasteiger partial charge in [0.2, 0.25) is 5.91 Å². The first-order valence-electron chi connectivity index (χ1n) is 9.41. The minimum atomic E-state index is 0.0346. The Kier molecular flexibility index (Phi) is 7.07. The molecule has 2 rings (SSSR count). The molecule has 0 unspecified atom stereocenters. The van der Waals surface area contributed by atoms with Crippen LogP contribution in [-0.4, -0.2) is 25.5 Å². The zero-order valence-electron chi connectivity index (χ0n) is 16.6. The second-order valence-electron chi connectivity index (χ2n) is 6.66. The Labute approximate surface area is 157 Å². The third-order valence-corrected chi connectivity index (χ3v) is 4.75. The molecule has 4 nitrogen and oxygen atoms in total. The number of nitrogens with one attached hydrogen (secondary N) is 2. The minimum absolute atomic E-state index is 0.0346. The van der Waals surface area contributed by atoms with Gasteiger partial charge in [-0.05, 0) is 69.5 Å². The highest BCUT2D eigenvalue weighted by atomic mass is 16.1. The Balaban J connectivity index is 1.90. The van der Waals surface area contributed by atoms with E-state index in [0.717, 1.165) is 35.6 Å². The molecule has 2 N–H and O–H groups in total. The molecule has 0 aromatic heterocycles. The highest BCUT2D eigenvalue weighted by Crippen LogP contribution is 2.23. The van der Waals surface area contributed by atoms with Crippen LogP contribution in [0.5, 0.6) is 0 Å². The summed E-state index contributed by atoms with van der Waals surface area (Å²) < 4.78 is 0. The monoisotopic (exact) mass is 353 g/mol. The van der Waals surface area contributed by atoms with Crippen LogP contribution in [-0.2, 0) is 4.79 Å². The van der Waals surface area contributed by atoms with Gasteiger partial charge >= 0.3 is 0 Å². The number of carbonyl (C=O) groups excluding carboxylic acids is 1. The number of amides is 1. The Morgan fingerprint density at radius 1 is 0.962 bits per heavy atom. The molecule has 0 heterocycles. The molecule has 2 aromatic rings. The lowest BCUT2D eigenvalue weighted by atomic mass is 10.1. The first-order valence-corrected chi connectivity index (χ1v) is 9.41. The van der Waals surface area contributed by atoms with Gasteiger partial charge in [0.1, 0.15) is 0 Å². The molecule has 0 spiro atoms. The summed E-state index contributed by atoms with van der Waals surface area (Å²) in [6.45, 7) is 13.1. The summed E-state index contributed by atoms with van der Waals surface area (Å²) >= 11 is 0. The van der Waals surface area contributed by atoms with Gasteiger partial charge in [0, 0.05) is 43.1 Å². The highest BCUT2D eigenvalue weighted by Gasteiger charge is 2.08. The summed E-state index contributed by atoms with van der Waals surface area (Å²) in [6, 6.07) is 12.5. The van der Waals surface area contributed by atoms with Crippen molar-refractivity contribution in [3.8, 4) is 0 Å². The lowest BCUT2D eigenvalue weighted by Crippen LogP contribution is -2.22. The smallest absolute Gasteiger partial charge is 0.226 e. The number of nitrogens with zero attached hydrogens (tertiary/aromatic N) is 1. The molecular weight excluding hydrogens is 322 g/mol. The van der Waals surface area contributed by atoms with Crippen molar-refractivity contribution in [2.24, 2.45) is 0 Å². The van der Waals surface area contributed by atoms with Crippen molar-refractivity contribution in [1.82, 2.24) is 0 Å². The van der Waals surface area contributed by atoms with Gasteiger partial charge in [0.25, 0.3) is 0 Å². The van der Waals surface area contributed by atoms with E-state index in [1.807, 2.05) is 32.0 Å². The van der Waals surface area contributed by atoms with Gasteiger partial charge in [-0.25, -0.2) is 0 Å². The van der Waals surface area contributed by atoms with E-state index in [0.29, 0.717) is 13.0 Å². The van der Waals surface area contributed by atoms with Gasteiger partial charge in [-0.2, -0.15) is 0 Å². The van der Waals surface area contributed by atoms with Gasteiger partial charge in [0.05, 0.1) is 0 Å². The van der Waals surface area contributed by atoms with E-state index in [9.17, 15) is 4.79 Å². The second kappa shape index (κ2) is 9.27. The van der Waals surface area contributed by atoms with Crippen LogP contribution in [0, 0.1) is 20.8 Å². The molecule has 0 aliphatic rings. The molecule has 140 valence electrons. The molecule has 0 atom stereocenters. The number of para-hydroxylation sites is 1.